The van der Waals surface area contributed by atoms with E-state index in [1.54, 1.807) is 0 Å². The molecule has 0 aromatic heterocycles. The highest BCUT2D eigenvalue weighted by Crippen LogP contribution is 2.23. The van der Waals surface area contributed by atoms with Crippen LogP contribution in [0.5, 0.6) is 5.75 Å². The number of nitrogens with zero attached hydrogens (tertiary/aromatic N) is 1. The molecule has 0 aliphatic heterocycles. The van der Waals surface area contributed by atoms with Crippen LogP contribution < -0.4 is 10.1 Å². The Balaban J connectivity index is 1.74. The lowest BCUT2D eigenvalue weighted by Gasteiger charge is -2.26. The second kappa shape index (κ2) is 7.06. The van der Waals surface area contributed by atoms with E-state index >= 15 is 0 Å². The fourth-order valence-electron chi connectivity index (χ4n) is 2.49. The standard InChI is InChI=1S/C15H20N2O4/c1-11-2-4-12(5-3-11)16-15(18)10-21-14-8-6-13(7-9-14)17(19)20/h6-9,11-12H,2-5,10H2,1H3,(H,16,18). The molecule has 1 aromatic carbocycles. The lowest BCUT2D eigenvalue weighted by Crippen LogP contribution is -2.39. The SMILES string of the molecule is CC1CCC(NC(=O)COc2ccc([N+](=O)[O-])cc2)CC1. The van der Waals surface area contributed by atoms with Gasteiger partial charge in [0.1, 0.15) is 5.75 Å². The average Bonchev–Trinajstić information content (AvgIpc) is 2.48. The van der Waals surface area contributed by atoms with E-state index in [0.29, 0.717) is 5.75 Å². The molecule has 6 heteroatoms. The number of benzene rings is 1. The Morgan fingerprint density at radius 3 is 2.48 bits per heavy atom. The molecular weight excluding hydrogens is 272 g/mol. The summed E-state index contributed by atoms with van der Waals surface area (Å²) >= 11 is 0. The van der Waals surface area contributed by atoms with Crippen molar-refractivity contribution in [3.05, 3.63) is 34.4 Å². The molecule has 114 valence electrons. The molecule has 1 amide bonds. The van der Waals surface area contributed by atoms with Crippen LogP contribution in [-0.4, -0.2) is 23.5 Å². The first-order valence-corrected chi connectivity index (χ1v) is 7.21. The van der Waals surface area contributed by atoms with Gasteiger partial charge in [-0.05, 0) is 43.7 Å². The van der Waals surface area contributed by atoms with E-state index in [2.05, 4.69) is 12.2 Å². The molecule has 2 rings (SSSR count). The maximum atomic E-state index is 11.8. The van der Waals surface area contributed by atoms with E-state index in [-0.39, 0.29) is 24.2 Å². The number of carbonyl (C=O) groups is 1. The van der Waals surface area contributed by atoms with E-state index in [0.717, 1.165) is 31.6 Å². The van der Waals surface area contributed by atoms with E-state index < -0.39 is 4.92 Å². The summed E-state index contributed by atoms with van der Waals surface area (Å²) in [5, 5.41) is 13.5. The Morgan fingerprint density at radius 2 is 1.90 bits per heavy atom. The van der Waals surface area contributed by atoms with Crippen LogP contribution in [0.3, 0.4) is 0 Å². The van der Waals surface area contributed by atoms with Gasteiger partial charge in [-0.25, -0.2) is 0 Å². The van der Waals surface area contributed by atoms with Crippen molar-refractivity contribution < 1.29 is 14.5 Å². The number of ether oxygens (including phenoxy) is 1. The number of carbonyl (C=O) groups excluding carboxylic acids is 1. The summed E-state index contributed by atoms with van der Waals surface area (Å²) in [6.45, 7) is 2.17. The van der Waals surface area contributed by atoms with E-state index in [1.807, 2.05) is 0 Å². The van der Waals surface area contributed by atoms with Crippen LogP contribution in [-0.2, 0) is 4.79 Å². The van der Waals surface area contributed by atoms with Crippen LogP contribution in [0.25, 0.3) is 0 Å². The van der Waals surface area contributed by atoms with Gasteiger partial charge in [0.2, 0.25) is 0 Å². The molecule has 6 nitrogen and oxygen atoms in total. The van der Waals surface area contributed by atoms with E-state index in [4.69, 9.17) is 4.74 Å². The summed E-state index contributed by atoms with van der Waals surface area (Å²) in [5.74, 6) is 1.05. The molecule has 1 aromatic rings. The number of amides is 1. The van der Waals surface area contributed by atoms with Gasteiger partial charge in [-0.2, -0.15) is 0 Å². The predicted molar refractivity (Wildman–Crippen MR) is 78.2 cm³/mol. The van der Waals surface area contributed by atoms with Gasteiger partial charge >= 0.3 is 0 Å². The van der Waals surface area contributed by atoms with Gasteiger partial charge in [0.25, 0.3) is 11.6 Å². The largest absolute Gasteiger partial charge is 0.484 e. The number of nitrogens with one attached hydrogen (secondary N) is 1. The molecular formula is C15H20N2O4. The van der Waals surface area contributed by atoms with Crippen LogP contribution in [0, 0.1) is 16.0 Å². The zero-order valence-corrected chi connectivity index (χ0v) is 12.1. The summed E-state index contributed by atoms with van der Waals surface area (Å²) in [6, 6.07) is 5.95. The molecule has 0 heterocycles. The van der Waals surface area contributed by atoms with Gasteiger partial charge in [-0.1, -0.05) is 6.92 Å². The van der Waals surface area contributed by atoms with Crippen molar-refractivity contribution in [2.45, 2.75) is 38.6 Å². The van der Waals surface area contributed by atoms with Gasteiger partial charge in [0.15, 0.2) is 6.61 Å². The number of hydrogen-bond acceptors (Lipinski definition) is 4. The normalized spacial score (nSPS) is 21.6. The third kappa shape index (κ3) is 4.73. The fraction of sp³-hybridized carbons (Fsp3) is 0.533. The number of non-ortho nitro benzene ring substituents is 1. The lowest BCUT2D eigenvalue weighted by atomic mass is 9.87. The minimum Gasteiger partial charge on any atom is -0.484 e. The first-order valence-electron chi connectivity index (χ1n) is 7.21. The van der Waals surface area contributed by atoms with Gasteiger partial charge in [0.05, 0.1) is 4.92 Å². The van der Waals surface area contributed by atoms with Crippen LogP contribution in [0.15, 0.2) is 24.3 Å². The molecule has 0 bridgehead atoms. The summed E-state index contributed by atoms with van der Waals surface area (Å²) < 4.78 is 5.33. The van der Waals surface area contributed by atoms with Crippen molar-refractivity contribution in [1.82, 2.24) is 5.32 Å². The molecule has 1 fully saturated rings. The Morgan fingerprint density at radius 1 is 1.29 bits per heavy atom. The van der Waals surface area contributed by atoms with Crippen LogP contribution in [0.1, 0.15) is 32.6 Å². The van der Waals surface area contributed by atoms with Crippen LogP contribution >= 0.6 is 0 Å². The maximum Gasteiger partial charge on any atom is 0.269 e. The highest BCUT2D eigenvalue weighted by molar-refractivity contribution is 5.77. The number of nitro groups is 1. The van der Waals surface area contributed by atoms with Gasteiger partial charge < -0.3 is 10.1 Å². The van der Waals surface area contributed by atoms with Crippen molar-refractivity contribution in [1.29, 1.82) is 0 Å². The lowest BCUT2D eigenvalue weighted by molar-refractivity contribution is -0.384. The minimum atomic E-state index is -0.472. The third-order valence-corrected chi connectivity index (χ3v) is 3.80. The average molecular weight is 292 g/mol. The molecule has 1 aliphatic rings. The number of rotatable bonds is 5. The Labute approximate surface area is 123 Å². The summed E-state index contributed by atoms with van der Waals surface area (Å²) in [4.78, 5) is 21.8. The zero-order chi connectivity index (χ0) is 15.2. The molecule has 0 unspecified atom stereocenters. The Hall–Kier alpha value is -2.11. The first-order chi connectivity index (χ1) is 10.0. The van der Waals surface area contributed by atoms with Gasteiger partial charge in [-0.15, -0.1) is 0 Å². The Bertz CT molecular complexity index is 493. The monoisotopic (exact) mass is 292 g/mol. The van der Waals surface area contributed by atoms with Crippen molar-refractivity contribution in [2.75, 3.05) is 6.61 Å². The van der Waals surface area contributed by atoms with Crippen molar-refractivity contribution in [3.8, 4) is 5.75 Å². The van der Waals surface area contributed by atoms with Crippen LogP contribution in [0.4, 0.5) is 5.69 Å². The minimum absolute atomic E-state index is 0.00290. The summed E-state index contributed by atoms with van der Waals surface area (Å²) in [5.41, 5.74) is 0.00290. The quantitative estimate of drug-likeness (QED) is 0.668. The molecule has 0 spiro atoms. The summed E-state index contributed by atoms with van der Waals surface area (Å²) in [6.07, 6.45) is 4.33. The second-order valence-electron chi connectivity index (χ2n) is 5.56. The first kappa shape index (κ1) is 15.3. The second-order valence-corrected chi connectivity index (χ2v) is 5.56. The van der Waals surface area contributed by atoms with Crippen molar-refractivity contribution in [3.63, 3.8) is 0 Å². The maximum absolute atomic E-state index is 11.8. The predicted octanol–water partition coefficient (Wildman–Crippen LogP) is 2.67. The highest BCUT2D eigenvalue weighted by Gasteiger charge is 2.19. The topological polar surface area (TPSA) is 81.5 Å². The third-order valence-electron chi connectivity index (χ3n) is 3.80. The van der Waals surface area contributed by atoms with Crippen LogP contribution in [0.2, 0.25) is 0 Å². The van der Waals surface area contributed by atoms with Crippen molar-refractivity contribution in [2.24, 2.45) is 5.92 Å². The molecule has 1 saturated carbocycles. The molecule has 0 saturated heterocycles. The Kier molecular flexibility index (Phi) is 5.14. The van der Waals surface area contributed by atoms with Gasteiger partial charge in [-0.3, -0.25) is 14.9 Å². The number of hydrogen-bond donors (Lipinski definition) is 1. The molecule has 0 atom stereocenters. The molecule has 0 radical (unpaired) electrons. The zero-order valence-electron chi connectivity index (χ0n) is 12.1. The fourth-order valence-corrected chi connectivity index (χ4v) is 2.49. The van der Waals surface area contributed by atoms with Gasteiger partial charge in [0, 0.05) is 18.2 Å². The van der Waals surface area contributed by atoms with Crippen molar-refractivity contribution >= 4 is 11.6 Å². The smallest absolute Gasteiger partial charge is 0.269 e. The molecule has 1 N–H and O–H groups in total. The number of nitro benzene ring substituents is 1. The molecule has 1 aliphatic carbocycles. The molecule has 21 heavy (non-hydrogen) atoms. The van der Waals surface area contributed by atoms with E-state index in [1.165, 1.54) is 24.3 Å². The highest BCUT2D eigenvalue weighted by atomic mass is 16.6. The van der Waals surface area contributed by atoms with E-state index in [9.17, 15) is 14.9 Å². The summed E-state index contributed by atoms with van der Waals surface area (Å²) in [7, 11) is 0.